The summed E-state index contributed by atoms with van der Waals surface area (Å²) < 4.78 is 32.7. The second-order valence-corrected chi connectivity index (χ2v) is 8.32. The van der Waals surface area contributed by atoms with E-state index >= 15 is 0 Å². The second-order valence-electron chi connectivity index (χ2n) is 6.43. The lowest BCUT2D eigenvalue weighted by atomic mass is 10.0. The van der Waals surface area contributed by atoms with Crippen LogP contribution in [0, 0.1) is 6.92 Å². The molecule has 1 aliphatic rings. The molecule has 0 amide bonds. The highest BCUT2D eigenvalue weighted by atomic mass is 32.2. The smallest absolute Gasteiger partial charge is 0.338 e. The molecule has 26 heavy (non-hydrogen) atoms. The summed E-state index contributed by atoms with van der Waals surface area (Å²) in [5.41, 5.74) is 2.51. The van der Waals surface area contributed by atoms with Crippen molar-refractivity contribution in [3.63, 3.8) is 0 Å². The van der Waals surface area contributed by atoms with Gasteiger partial charge in [0, 0.05) is 6.54 Å². The third kappa shape index (κ3) is 3.66. The van der Waals surface area contributed by atoms with E-state index in [-0.39, 0.29) is 17.5 Å². The molecule has 1 unspecified atom stereocenters. The van der Waals surface area contributed by atoms with E-state index in [2.05, 4.69) is 0 Å². The summed E-state index contributed by atoms with van der Waals surface area (Å²) in [5.74, 6) is -0.449. The predicted octanol–water partition coefficient (Wildman–Crippen LogP) is 3.70. The summed E-state index contributed by atoms with van der Waals surface area (Å²) in [4.78, 5) is 11.9. The standard InChI is InChI=1S/C20H23NO4S/c1-3-25-20(22)17-10-12-18(13-11-17)26(23,24)21-14-4-5-19(21)16-8-6-15(2)7-9-16/h6-13,19H,3-5,14H2,1-2H3. The fourth-order valence-electron chi connectivity index (χ4n) is 3.26. The van der Waals surface area contributed by atoms with Gasteiger partial charge in [-0.05, 0) is 56.5 Å². The van der Waals surface area contributed by atoms with Crippen LogP contribution in [0.2, 0.25) is 0 Å². The van der Waals surface area contributed by atoms with Crippen molar-refractivity contribution in [2.24, 2.45) is 0 Å². The average molecular weight is 373 g/mol. The fraction of sp³-hybridized carbons (Fsp3) is 0.350. The number of esters is 1. The zero-order valence-corrected chi connectivity index (χ0v) is 15.8. The topological polar surface area (TPSA) is 63.7 Å². The minimum absolute atomic E-state index is 0.148. The third-order valence-electron chi connectivity index (χ3n) is 4.64. The predicted molar refractivity (Wildman–Crippen MR) is 99.4 cm³/mol. The molecule has 0 aliphatic carbocycles. The van der Waals surface area contributed by atoms with E-state index in [0.717, 1.165) is 24.0 Å². The van der Waals surface area contributed by atoms with Crippen LogP contribution in [0.1, 0.15) is 47.3 Å². The van der Waals surface area contributed by atoms with Crippen LogP contribution in [0.4, 0.5) is 0 Å². The molecule has 0 N–H and O–H groups in total. The van der Waals surface area contributed by atoms with Gasteiger partial charge in [-0.1, -0.05) is 29.8 Å². The van der Waals surface area contributed by atoms with Gasteiger partial charge < -0.3 is 4.74 Å². The first-order chi connectivity index (χ1) is 12.4. The minimum atomic E-state index is -3.62. The molecule has 0 saturated carbocycles. The van der Waals surface area contributed by atoms with Gasteiger partial charge in [0.2, 0.25) is 10.0 Å². The van der Waals surface area contributed by atoms with Gasteiger partial charge in [0.1, 0.15) is 0 Å². The van der Waals surface area contributed by atoms with Gasteiger partial charge in [-0.3, -0.25) is 0 Å². The molecule has 1 saturated heterocycles. The van der Waals surface area contributed by atoms with Crippen LogP contribution >= 0.6 is 0 Å². The Morgan fingerprint density at radius 3 is 2.38 bits per heavy atom. The summed E-state index contributed by atoms with van der Waals surface area (Å²) in [5, 5.41) is 0. The van der Waals surface area contributed by atoms with Gasteiger partial charge in [0.05, 0.1) is 23.1 Å². The van der Waals surface area contributed by atoms with E-state index in [4.69, 9.17) is 4.74 Å². The molecule has 0 aromatic heterocycles. The van der Waals surface area contributed by atoms with Gasteiger partial charge >= 0.3 is 5.97 Å². The number of carbonyl (C=O) groups excluding carboxylic acids is 1. The lowest BCUT2D eigenvalue weighted by molar-refractivity contribution is 0.0526. The second kappa shape index (κ2) is 7.60. The molecule has 2 aromatic rings. The number of hydrogen-bond acceptors (Lipinski definition) is 4. The van der Waals surface area contributed by atoms with Crippen molar-refractivity contribution in [2.75, 3.05) is 13.2 Å². The Balaban J connectivity index is 1.86. The number of hydrogen-bond donors (Lipinski definition) is 0. The molecule has 1 aliphatic heterocycles. The monoisotopic (exact) mass is 373 g/mol. The highest BCUT2D eigenvalue weighted by Crippen LogP contribution is 2.36. The molecule has 0 bridgehead atoms. The van der Waals surface area contributed by atoms with Gasteiger partial charge in [-0.2, -0.15) is 4.31 Å². The van der Waals surface area contributed by atoms with Gasteiger partial charge in [-0.25, -0.2) is 13.2 Å². The van der Waals surface area contributed by atoms with Crippen molar-refractivity contribution in [3.05, 3.63) is 65.2 Å². The lowest BCUT2D eigenvalue weighted by Crippen LogP contribution is -2.30. The molecule has 3 rings (SSSR count). The van der Waals surface area contributed by atoms with Gasteiger partial charge in [-0.15, -0.1) is 0 Å². The zero-order valence-electron chi connectivity index (χ0n) is 15.0. The van der Waals surface area contributed by atoms with Crippen LogP contribution in [0.15, 0.2) is 53.4 Å². The molecule has 2 aromatic carbocycles. The van der Waals surface area contributed by atoms with Crippen molar-refractivity contribution in [1.29, 1.82) is 0 Å². The van der Waals surface area contributed by atoms with Crippen molar-refractivity contribution < 1.29 is 17.9 Å². The molecule has 0 spiro atoms. The largest absolute Gasteiger partial charge is 0.462 e. The Labute approximate surface area is 154 Å². The summed E-state index contributed by atoms with van der Waals surface area (Å²) >= 11 is 0. The summed E-state index contributed by atoms with van der Waals surface area (Å²) in [7, 11) is -3.62. The van der Waals surface area contributed by atoms with E-state index in [1.165, 1.54) is 24.3 Å². The van der Waals surface area contributed by atoms with Crippen molar-refractivity contribution in [2.45, 2.75) is 37.6 Å². The first-order valence-corrected chi connectivity index (χ1v) is 10.2. The molecule has 1 fully saturated rings. The molecule has 5 nitrogen and oxygen atoms in total. The zero-order chi connectivity index (χ0) is 18.7. The highest BCUT2D eigenvalue weighted by Gasteiger charge is 2.36. The molecule has 6 heteroatoms. The number of rotatable bonds is 5. The lowest BCUT2D eigenvalue weighted by Gasteiger charge is -2.24. The minimum Gasteiger partial charge on any atom is -0.462 e. The Hall–Kier alpha value is -2.18. The molecule has 0 radical (unpaired) electrons. The summed E-state index contributed by atoms with van der Waals surface area (Å²) in [6, 6.07) is 13.8. The van der Waals surface area contributed by atoms with Gasteiger partial charge in [0.25, 0.3) is 0 Å². The first kappa shape index (κ1) is 18.6. The molecular weight excluding hydrogens is 350 g/mol. The van der Waals surface area contributed by atoms with Crippen molar-refractivity contribution >= 4 is 16.0 Å². The van der Waals surface area contributed by atoms with Crippen LogP contribution in [0.25, 0.3) is 0 Å². The van der Waals surface area contributed by atoms with Crippen molar-refractivity contribution in [3.8, 4) is 0 Å². The number of aryl methyl sites for hydroxylation is 1. The van der Waals surface area contributed by atoms with Crippen LogP contribution in [0.5, 0.6) is 0 Å². The molecule has 1 heterocycles. The number of nitrogens with zero attached hydrogens (tertiary/aromatic N) is 1. The highest BCUT2D eigenvalue weighted by molar-refractivity contribution is 7.89. The van der Waals surface area contributed by atoms with Gasteiger partial charge in [0.15, 0.2) is 0 Å². The Morgan fingerprint density at radius 1 is 1.12 bits per heavy atom. The molecule has 138 valence electrons. The Morgan fingerprint density at radius 2 is 1.77 bits per heavy atom. The van der Waals surface area contributed by atoms with Crippen LogP contribution in [-0.4, -0.2) is 31.8 Å². The summed E-state index contributed by atoms with van der Waals surface area (Å²) in [6.45, 7) is 4.53. The van der Waals surface area contributed by atoms with E-state index in [0.29, 0.717) is 12.1 Å². The van der Waals surface area contributed by atoms with Crippen LogP contribution in [0.3, 0.4) is 0 Å². The Bertz CT molecular complexity index is 873. The van der Waals surface area contributed by atoms with Crippen molar-refractivity contribution in [1.82, 2.24) is 4.31 Å². The Kier molecular flexibility index (Phi) is 5.44. The van der Waals surface area contributed by atoms with E-state index in [9.17, 15) is 13.2 Å². The quantitative estimate of drug-likeness (QED) is 0.750. The maximum absolute atomic E-state index is 13.1. The maximum atomic E-state index is 13.1. The van der Waals surface area contributed by atoms with Crippen LogP contribution in [-0.2, 0) is 14.8 Å². The summed E-state index contributed by atoms with van der Waals surface area (Å²) in [6.07, 6.45) is 1.64. The molecular formula is C20H23NO4S. The number of ether oxygens (including phenoxy) is 1. The SMILES string of the molecule is CCOC(=O)c1ccc(S(=O)(=O)N2CCCC2c2ccc(C)cc2)cc1. The maximum Gasteiger partial charge on any atom is 0.338 e. The fourth-order valence-corrected chi connectivity index (χ4v) is 4.94. The third-order valence-corrected chi connectivity index (χ3v) is 6.56. The first-order valence-electron chi connectivity index (χ1n) is 8.79. The van der Waals surface area contributed by atoms with Crippen LogP contribution < -0.4 is 0 Å². The molecule has 1 atom stereocenters. The van der Waals surface area contributed by atoms with E-state index in [1.807, 2.05) is 31.2 Å². The normalized spacial score (nSPS) is 18.0. The average Bonchev–Trinajstić information content (AvgIpc) is 3.13. The number of carbonyl (C=O) groups is 1. The number of sulfonamides is 1. The van der Waals surface area contributed by atoms with E-state index in [1.54, 1.807) is 11.2 Å². The van der Waals surface area contributed by atoms with E-state index < -0.39 is 16.0 Å². The number of benzene rings is 2.